The number of fused-ring (bicyclic) bond motifs is 1. The molecule has 0 aliphatic carbocycles. The lowest BCUT2D eigenvalue weighted by Crippen LogP contribution is -2.22. The van der Waals surface area contributed by atoms with Crippen LogP contribution in [-0.4, -0.2) is 18.1 Å². The Labute approximate surface area is 148 Å². The number of hydrogen-bond donors (Lipinski definition) is 0. The van der Waals surface area contributed by atoms with Gasteiger partial charge in [-0.05, 0) is 62.2 Å². The molecule has 0 unspecified atom stereocenters. The lowest BCUT2D eigenvalue weighted by molar-refractivity contribution is 0.441. The Morgan fingerprint density at radius 1 is 1.16 bits per heavy atom. The number of aromatic nitrogens is 1. The molecule has 0 fully saturated rings. The predicted octanol–water partition coefficient (Wildman–Crippen LogP) is 4.66. The van der Waals surface area contributed by atoms with Crippen molar-refractivity contribution < 1.29 is 4.74 Å². The van der Waals surface area contributed by atoms with Crippen molar-refractivity contribution in [1.82, 2.24) is 4.98 Å². The minimum atomic E-state index is 0.514. The first kappa shape index (κ1) is 16.8. The van der Waals surface area contributed by atoms with E-state index in [2.05, 4.69) is 48.0 Å². The Kier molecular flexibility index (Phi) is 4.85. The zero-order chi connectivity index (χ0) is 17.8. The maximum atomic E-state index is 9.64. The first-order valence-corrected chi connectivity index (χ1v) is 8.48. The lowest BCUT2D eigenvalue weighted by Gasteiger charge is -2.25. The number of allylic oxidation sites excluding steroid dienone is 3. The van der Waals surface area contributed by atoms with Gasteiger partial charge in [0, 0.05) is 42.8 Å². The normalized spacial score (nSPS) is 14.7. The molecule has 0 atom stereocenters. The third kappa shape index (κ3) is 3.27. The van der Waals surface area contributed by atoms with Gasteiger partial charge in [0.05, 0.1) is 0 Å². The van der Waals surface area contributed by atoms with Gasteiger partial charge in [-0.25, -0.2) is 0 Å². The predicted molar refractivity (Wildman–Crippen MR) is 101 cm³/mol. The van der Waals surface area contributed by atoms with Crippen LogP contribution in [0.3, 0.4) is 0 Å². The van der Waals surface area contributed by atoms with E-state index in [-0.39, 0.29) is 0 Å². The second-order valence-corrected chi connectivity index (χ2v) is 5.87. The van der Waals surface area contributed by atoms with Gasteiger partial charge in [-0.3, -0.25) is 4.98 Å². The molecule has 4 nitrogen and oxygen atoms in total. The largest absolute Gasteiger partial charge is 0.455 e. The van der Waals surface area contributed by atoms with Crippen LogP contribution in [0.2, 0.25) is 0 Å². The molecule has 0 radical (unpaired) electrons. The van der Waals surface area contributed by atoms with Crippen molar-refractivity contribution in [3.05, 3.63) is 65.7 Å². The van der Waals surface area contributed by atoms with Crippen molar-refractivity contribution in [3.8, 4) is 11.8 Å². The summed E-state index contributed by atoms with van der Waals surface area (Å²) < 4.78 is 6.12. The fourth-order valence-corrected chi connectivity index (χ4v) is 3.03. The fraction of sp³-hybridized carbons (Fsp3) is 0.238. The molecule has 0 bridgehead atoms. The summed E-state index contributed by atoms with van der Waals surface area (Å²) in [7, 11) is 0. The minimum absolute atomic E-state index is 0.514. The van der Waals surface area contributed by atoms with Gasteiger partial charge in [-0.1, -0.05) is 0 Å². The molecule has 0 amide bonds. The summed E-state index contributed by atoms with van der Waals surface area (Å²) in [4.78, 5) is 6.29. The highest BCUT2D eigenvalue weighted by atomic mass is 16.5. The lowest BCUT2D eigenvalue weighted by atomic mass is 9.99. The number of nitrogens with zero attached hydrogens (tertiary/aromatic N) is 3. The van der Waals surface area contributed by atoms with E-state index in [0.29, 0.717) is 11.3 Å². The number of nitriles is 1. The van der Waals surface area contributed by atoms with Gasteiger partial charge in [0.15, 0.2) is 0 Å². The molecule has 1 aliphatic rings. The summed E-state index contributed by atoms with van der Waals surface area (Å²) in [5.74, 6) is 1.37. The van der Waals surface area contributed by atoms with Crippen LogP contribution in [0.15, 0.2) is 54.6 Å². The average Bonchev–Trinajstić information content (AvgIpc) is 2.64. The van der Waals surface area contributed by atoms with Crippen molar-refractivity contribution in [3.63, 3.8) is 0 Å². The number of ether oxygens (including phenoxy) is 1. The van der Waals surface area contributed by atoms with Gasteiger partial charge in [0.1, 0.15) is 23.2 Å². The third-order valence-electron chi connectivity index (χ3n) is 4.41. The monoisotopic (exact) mass is 331 g/mol. The Morgan fingerprint density at radius 2 is 1.88 bits per heavy atom. The maximum absolute atomic E-state index is 9.64. The van der Waals surface area contributed by atoms with E-state index in [0.717, 1.165) is 41.2 Å². The zero-order valence-electron chi connectivity index (χ0n) is 14.8. The van der Waals surface area contributed by atoms with E-state index in [9.17, 15) is 5.26 Å². The zero-order valence-corrected chi connectivity index (χ0v) is 14.8. The van der Waals surface area contributed by atoms with Crippen LogP contribution < -0.4 is 9.64 Å². The first-order valence-electron chi connectivity index (χ1n) is 8.48. The van der Waals surface area contributed by atoms with Crippen LogP contribution in [-0.2, 0) is 0 Å². The van der Waals surface area contributed by atoms with Crippen LogP contribution >= 0.6 is 0 Å². The fourth-order valence-electron chi connectivity index (χ4n) is 3.03. The average molecular weight is 331 g/mol. The summed E-state index contributed by atoms with van der Waals surface area (Å²) in [6, 6.07) is 12.2. The van der Waals surface area contributed by atoms with Crippen LogP contribution in [0.4, 0.5) is 5.69 Å². The van der Waals surface area contributed by atoms with Crippen molar-refractivity contribution in [2.45, 2.75) is 20.8 Å². The molecule has 25 heavy (non-hydrogen) atoms. The molecule has 0 spiro atoms. The molecular weight excluding hydrogens is 310 g/mol. The molecular formula is C21H21N3O. The molecule has 1 aliphatic heterocycles. The Hall–Kier alpha value is -3.06. The SMILES string of the molecule is CCN(CC)c1ccc2c(c1)O/C(=C(/C#N)c1ccncc1)C=C2C. The number of anilines is 1. The van der Waals surface area contributed by atoms with Gasteiger partial charge in [-0.15, -0.1) is 0 Å². The van der Waals surface area contributed by atoms with Crippen LogP contribution in [0.1, 0.15) is 31.9 Å². The van der Waals surface area contributed by atoms with Crippen molar-refractivity contribution in [1.29, 1.82) is 5.26 Å². The summed E-state index contributed by atoms with van der Waals surface area (Å²) in [5, 5.41) is 9.64. The molecule has 126 valence electrons. The molecule has 0 saturated carbocycles. The molecule has 0 N–H and O–H groups in total. The summed E-state index contributed by atoms with van der Waals surface area (Å²) in [6.07, 6.45) is 5.29. The number of hydrogen-bond acceptors (Lipinski definition) is 4. The number of rotatable bonds is 4. The van der Waals surface area contributed by atoms with E-state index in [1.807, 2.05) is 25.1 Å². The van der Waals surface area contributed by atoms with Crippen molar-refractivity contribution >= 4 is 16.8 Å². The van der Waals surface area contributed by atoms with E-state index in [4.69, 9.17) is 4.74 Å². The van der Waals surface area contributed by atoms with Crippen LogP contribution in [0, 0.1) is 11.3 Å². The van der Waals surface area contributed by atoms with Crippen LogP contribution in [0.25, 0.3) is 11.1 Å². The molecule has 0 saturated heterocycles. The smallest absolute Gasteiger partial charge is 0.146 e. The summed E-state index contributed by atoms with van der Waals surface area (Å²) in [5.41, 5.74) is 4.59. The van der Waals surface area contributed by atoms with Crippen molar-refractivity contribution in [2.24, 2.45) is 0 Å². The number of pyridine rings is 1. The Bertz CT molecular complexity index is 872. The second-order valence-electron chi connectivity index (χ2n) is 5.87. The molecule has 4 heteroatoms. The highest BCUT2D eigenvalue weighted by molar-refractivity contribution is 5.85. The van der Waals surface area contributed by atoms with E-state index in [1.165, 1.54) is 0 Å². The van der Waals surface area contributed by atoms with Crippen molar-refractivity contribution in [2.75, 3.05) is 18.0 Å². The van der Waals surface area contributed by atoms with Gasteiger partial charge >= 0.3 is 0 Å². The molecule has 2 aromatic rings. The topological polar surface area (TPSA) is 49.1 Å². The van der Waals surface area contributed by atoms with E-state index >= 15 is 0 Å². The highest BCUT2D eigenvalue weighted by Crippen LogP contribution is 2.38. The number of benzene rings is 1. The molecule has 1 aromatic carbocycles. The molecule has 2 heterocycles. The van der Waals surface area contributed by atoms with Gasteiger partial charge < -0.3 is 9.64 Å². The van der Waals surface area contributed by atoms with Gasteiger partial charge in [0.25, 0.3) is 0 Å². The standard InChI is InChI=1S/C21H21N3O/c1-4-24(5-2)17-6-7-18-15(3)12-20(25-21(18)13-17)19(14-22)16-8-10-23-11-9-16/h6-13H,4-5H2,1-3H3/b20-19-. The first-order chi connectivity index (χ1) is 12.2. The summed E-state index contributed by atoms with van der Waals surface area (Å²) in [6.45, 7) is 8.19. The molecule has 3 rings (SSSR count). The minimum Gasteiger partial charge on any atom is -0.455 e. The Morgan fingerprint density at radius 3 is 2.52 bits per heavy atom. The second kappa shape index (κ2) is 7.23. The van der Waals surface area contributed by atoms with Gasteiger partial charge in [-0.2, -0.15) is 5.26 Å². The van der Waals surface area contributed by atoms with E-state index < -0.39 is 0 Å². The van der Waals surface area contributed by atoms with E-state index in [1.54, 1.807) is 12.4 Å². The summed E-state index contributed by atoms with van der Waals surface area (Å²) >= 11 is 0. The van der Waals surface area contributed by atoms with Crippen LogP contribution in [0.5, 0.6) is 5.75 Å². The quantitative estimate of drug-likeness (QED) is 0.765. The Balaban J connectivity index is 2.07. The van der Waals surface area contributed by atoms with Gasteiger partial charge in [0.2, 0.25) is 0 Å². The molecule has 1 aromatic heterocycles. The maximum Gasteiger partial charge on any atom is 0.146 e. The highest BCUT2D eigenvalue weighted by Gasteiger charge is 2.19. The third-order valence-corrected chi connectivity index (χ3v) is 4.41.